The van der Waals surface area contributed by atoms with Crippen LogP contribution in [0, 0.1) is 22.9 Å². The van der Waals surface area contributed by atoms with Crippen molar-refractivity contribution < 1.29 is 27.3 Å². The maximum atomic E-state index is 13.7. The number of carbonyl (C=O) groups is 1. The maximum absolute atomic E-state index is 13.7. The van der Waals surface area contributed by atoms with Crippen LogP contribution < -0.4 is 14.4 Å². The fourth-order valence-electron chi connectivity index (χ4n) is 3.48. The number of nitrogens with zero attached hydrogens (tertiary/aromatic N) is 2. The summed E-state index contributed by atoms with van der Waals surface area (Å²) in [5, 5.41) is 14.3. The van der Waals surface area contributed by atoms with E-state index in [4.69, 9.17) is 16.3 Å². The molecule has 3 rings (SSSR count). The number of amides is 1. The summed E-state index contributed by atoms with van der Waals surface area (Å²) in [4.78, 5) is 23.3. The lowest BCUT2D eigenvalue weighted by molar-refractivity contribution is -0.385. The highest BCUT2D eigenvalue weighted by molar-refractivity contribution is 7.92. The summed E-state index contributed by atoms with van der Waals surface area (Å²) in [6.45, 7) is 2.45. The molecule has 0 aliphatic heterocycles. The first-order valence-electron chi connectivity index (χ1n) is 10.6. The van der Waals surface area contributed by atoms with E-state index in [-0.39, 0.29) is 32.6 Å². The Balaban J connectivity index is 2.04. The number of hydrogen-bond acceptors (Lipinski definition) is 6. The quantitative estimate of drug-likeness (QED) is 0.311. The van der Waals surface area contributed by atoms with Gasteiger partial charge in [0.25, 0.3) is 15.7 Å². The van der Waals surface area contributed by atoms with E-state index in [1.165, 1.54) is 68.6 Å². The summed E-state index contributed by atoms with van der Waals surface area (Å²) in [5.41, 5.74) is 0.464. The van der Waals surface area contributed by atoms with Crippen molar-refractivity contribution in [2.45, 2.75) is 24.8 Å². The van der Waals surface area contributed by atoms with E-state index in [1.807, 2.05) is 0 Å². The number of nitro benzene ring substituents is 1. The van der Waals surface area contributed by atoms with E-state index in [2.05, 4.69) is 5.32 Å². The Morgan fingerprint density at radius 3 is 2.44 bits per heavy atom. The number of nitro groups is 1. The molecule has 0 saturated carbocycles. The van der Waals surface area contributed by atoms with Gasteiger partial charge in [-0.1, -0.05) is 29.8 Å². The zero-order valence-corrected chi connectivity index (χ0v) is 21.1. The highest BCUT2D eigenvalue weighted by Crippen LogP contribution is 2.35. The standard InChI is InChI=1S/C24H23ClFN3O6S/c1-15-4-10-20(13-21(15)29(31)32)36(33,34)28(22-12-18(25)7-11-23(22)35-3)14-24(30)27-16(2)17-5-8-19(26)9-6-17/h4-13,16H,14H2,1-3H3,(H,27,30)/t16-/m1/s1. The molecule has 0 aromatic heterocycles. The van der Waals surface area contributed by atoms with Crippen molar-refractivity contribution in [2.24, 2.45) is 0 Å². The van der Waals surface area contributed by atoms with Crippen LogP contribution in [0.5, 0.6) is 5.75 Å². The highest BCUT2D eigenvalue weighted by Gasteiger charge is 2.31. The predicted octanol–water partition coefficient (Wildman–Crippen LogP) is 4.78. The van der Waals surface area contributed by atoms with Gasteiger partial charge in [-0.15, -0.1) is 0 Å². The molecular weight excluding hydrogens is 513 g/mol. The first-order chi connectivity index (χ1) is 16.9. The number of benzene rings is 3. The number of aryl methyl sites for hydroxylation is 1. The number of ether oxygens (including phenoxy) is 1. The largest absolute Gasteiger partial charge is 0.495 e. The van der Waals surface area contributed by atoms with Crippen molar-refractivity contribution in [3.8, 4) is 5.75 Å². The van der Waals surface area contributed by atoms with Crippen LogP contribution in [0.4, 0.5) is 15.8 Å². The molecule has 36 heavy (non-hydrogen) atoms. The Bertz CT molecular complexity index is 1400. The van der Waals surface area contributed by atoms with E-state index in [9.17, 15) is 27.7 Å². The molecule has 0 saturated heterocycles. The monoisotopic (exact) mass is 535 g/mol. The average Bonchev–Trinajstić information content (AvgIpc) is 2.82. The highest BCUT2D eigenvalue weighted by atomic mass is 35.5. The minimum absolute atomic E-state index is 0.0298. The lowest BCUT2D eigenvalue weighted by atomic mass is 10.1. The SMILES string of the molecule is COc1ccc(Cl)cc1N(CC(=O)N[C@H](C)c1ccc(F)cc1)S(=O)(=O)c1ccc(C)c([N+](=O)[O-])c1. The van der Waals surface area contributed by atoms with Gasteiger partial charge in [-0.2, -0.15) is 0 Å². The Morgan fingerprint density at radius 1 is 1.17 bits per heavy atom. The predicted molar refractivity (Wildman–Crippen MR) is 133 cm³/mol. The Morgan fingerprint density at radius 2 is 1.83 bits per heavy atom. The van der Waals surface area contributed by atoms with Crippen molar-refractivity contribution in [1.29, 1.82) is 0 Å². The normalized spacial score (nSPS) is 12.0. The van der Waals surface area contributed by atoms with E-state index >= 15 is 0 Å². The number of anilines is 1. The fraction of sp³-hybridized carbons (Fsp3) is 0.208. The van der Waals surface area contributed by atoms with Crippen LogP contribution in [0.1, 0.15) is 24.1 Å². The molecule has 0 fully saturated rings. The fourth-order valence-corrected chi connectivity index (χ4v) is 5.09. The molecule has 0 spiro atoms. The second kappa shape index (κ2) is 10.9. The van der Waals surface area contributed by atoms with Gasteiger partial charge in [0.05, 0.1) is 28.7 Å². The first kappa shape index (κ1) is 26.9. The second-order valence-corrected chi connectivity index (χ2v) is 10.2. The van der Waals surface area contributed by atoms with Crippen molar-refractivity contribution in [3.63, 3.8) is 0 Å². The molecule has 190 valence electrons. The van der Waals surface area contributed by atoms with E-state index in [0.29, 0.717) is 5.56 Å². The summed E-state index contributed by atoms with van der Waals surface area (Å²) in [7, 11) is -3.17. The third-order valence-electron chi connectivity index (χ3n) is 5.41. The molecule has 0 radical (unpaired) electrons. The van der Waals surface area contributed by atoms with Crippen LogP contribution in [0.15, 0.2) is 65.6 Å². The van der Waals surface area contributed by atoms with E-state index in [0.717, 1.165) is 10.4 Å². The van der Waals surface area contributed by atoms with E-state index < -0.39 is 39.3 Å². The molecule has 1 amide bonds. The summed E-state index contributed by atoms with van der Waals surface area (Å²) in [6, 6.07) is 12.6. The van der Waals surface area contributed by atoms with Crippen LogP contribution in [-0.4, -0.2) is 32.9 Å². The van der Waals surface area contributed by atoms with Crippen LogP contribution >= 0.6 is 11.6 Å². The first-order valence-corrected chi connectivity index (χ1v) is 12.4. The molecule has 9 nitrogen and oxygen atoms in total. The summed E-state index contributed by atoms with van der Waals surface area (Å²) in [6.07, 6.45) is 0. The van der Waals surface area contributed by atoms with Gasteiger partial charge in [0.2, 0.25) is 5.91 Å². The number of nitrogens with one attached hydrogen (secondary N) is 1. The topological polar surface area (TPSA) is 119 Å². The van der Waals surface area contributed by atoms with Gasteiger partial charge < -0.3 is 10.1 Å². The smallest absolute Gasteiger partial charge is 0.273 e. The molecule has 0 aliphatic carbocycles. The Labute approximate surface area is 212 Å². The minimum atomic E-state index is -4.50. The third kappa shape index (κ3) is 5.92. The van der Waals surface area contributed by atoms with Gasteiger partial charge >= 0.3 is 0 Å². The molecule has 12 heteroatoms. The minimum Gasteiger partial charge on any atom is -0.495 e. The average molecular weight is 536 g/mol. The molecular formula is C24H23ClFN3O6S. The van der Waals surface area contributed by atoms with Gasteiger partial charge in [0.1, 0.15) is 18.1 Å². The van der Waals surface area contributed by atoms with Gasteiger partial charge in [0.15, 0.2) is 0 Å². The number of hydrogen-bond donors (Lipinski definition) is 1. The molecule has 0 aliphatic rings. The molecule has 3 aromatic rings. The molecule has 1 N–H and O–H groups in total. The number of rotatable bonds is 9. The Kier molecular flexibility index (Phi) is 8.16. The Hall–Kier alpha value is -3.70. The number of halogens is 2. The molecule has 0 heterocycles. The van der Waals surface area contributed by atoms with Crippen LogP contribution in [-0.2, 0) is 14.8 Å². The lowest BCUT2D eigenvalue weighted by Crippen LogP contribution is -2.41. The van der Waals surface area contributed by atoms with Crippen LogP contribution in [0.25, 0.3) is 0 Å². The van der Waals surface area contributed by atoms with Crippen LogP contribution in [0.2, 0.25) is 5.02 Å². The molecule has 0 bridgehead atoms. The second-order valence-electron chi connectivity index (χ2n) is 7.87. The summed E-state index contributed by atoms with van der Waals surface area (Å²) >= 11 is 6.12. The summed E-state index contributed by atoms with van der Waals surface area (Å²) < 4.78 is 46.7. The summed E-state index contributed by atoms with van der Waals surface area (Å²) in [5.74, 6) is -1.00. The van der Waals surface area contributed by atoms with Crippen molar-refractivity contribution in [2.75, 3.05) is 18.0 Å². The van der Waals surface area contributed by atoms with E-state index in [1.54, 1.807) is 6.92 Å². The third-order valence-corrected chi connectivity index (χ3v) is 7.40. The number of carbonyl (C=O) groups excluding carboxylic acids is 1. The zero-order valence-electron chi connectivity index (χ0n) is 19.6. The number of sulfonamides is 1. The van der Waals surface area contributed by atoms with Crippen molar-refractivity contribution in [3.05, 3.63) is 92.7 Å². The van der Waals surface area contributed by atoms with Gasteiger partial charge in [-0.3, -0.25) is 19.2 Å². The van der Waals surface area contributed by atoms with Gasteiger partial charge in [0, 0.05) is 16.7 Å². The van der Waals surface area contributed by atoms with Crippen molar-refractivity contribution in [1.82, 2.24) is 5.32 Å². The maximum Gasteiger partial charge on any atom is 0.273 e. The molecule has 1 atom stereocenters. The molecule has 3 aromatic carbocycles. The van der Waals surface area contributed by atoms with Crippen LogP contribution in [0.3, 0.4) is 0 Å². The van der Waals surface area contributed by atoms with Crippen molar-refractivity contribution >= 4 is 38.9 Å². The lowest BCUT2D eigenvalue weighted by Gasteiger charge is -2.26. The van der Waals surface area contributed by atoms with Gasteiger partial charge in [-0.25, -0.2) is 12.8 Å². The number of methoxy groups -OCH3 is 1. The van der Waals surface area contributed by atoms with Gasteiger partial charge in [-0.05, 0) is 55.8 Å². The molecule has 0 unspecified atom stereocenters. The zero-order chi connectivity index (χ0) is 26.6.